The van der Waals surface area contributed by atoms with E-state index in [-0.39, 0.29) is 21.6 Å². The van der Waals surface area contributed by atoms with Crippen molar-refractivity contribution in [3.8, 4) is 0 Å². The highest BCUT2D eigenvalue weighted by atomic mass is 35.5. The van der Waals surface area contributed by atoms with E-state index in [1.165, 1.54) is 12.1 Å². The Morgan fingerprint density at radius 2 is 2.05 bits per heavy atom. The van der Waals surface area contributed by atoms with Crippen molar-refractivity contribution in [3.05, 3.63) is 52.8 Å². The van der Waals surface area contributed by atoms with Gasteiger partial charge in [-0.1, -0.05) is 17.7 Å². The van der Waals surface area contributed by atoms with E-state index in [1.54, 1.807) is 29.2 Å². The van der Waals surface area contributed by atoms with Crippen LogP contribution in [0.4, 0.5) is 5.69 Å². The Morgan fingerprint density at radius 3 is 2.73 bits per heavy atom. The highest BCUT2D eigenvalue weighted by Gasteiger charge is 2.27. The summed E-state index contributed by atoms with van der Waals surface area (Å²) in [5, 5.41) is 5.37. The molecular formula is C14H12ClN3O3S. The largest absolute Gasteiger partial charge is 0.306 e. The number of sulfonamides is 1. The number of hydrogen-bond donors (Lipinski definition) is 1. The predicted octanol–water partition coefficient (Wildman–Crippen LogP) is 1.59. The molecule has 1 amide bonds. The van der Waals surface area contributed by atoms with Crippen LogP contribution < -0.4 is 10.0 Å². The number of primary sulfonamides is 1. The van der Waals surface area contributed by atoms with E-state index >= 15 is 0 Å². The summed E-state index contributed by atoms with van der Waals surface area (Å²) >= 11 is 5.80. The Bertz CT molecular complexity index is 867. The maximum absolute atomic E-state index is 12.5. The Balaban J connectivity index is 1.96. The molecule has 1 aliphatic heterocycles. The fraction of sp³-hybridized carbons (Fsp3) is 0.143. The van der Waals surface area contributed by atoms with Gasteiger partial charge >= 0.3 is 0 Å². The molecule has 114 valence electrons. The molecule has 0 spiro atoms. The summed E-state index contributed by atoms with van der Waals surface area (Å²) in [6.45, 7) is 0.455. The Hall–Kier alpha value is -1.96. The maximum Gasteiger partial charge on any atom is 0.276 e. The molecule has 2 aromatic rings. The van der Waals surface area contributed by atoms with Crippen LogP contribution in [0.15, 0.2) is 41.3 Å². The van der Waals surface area contributed by atoms with Crippen LogP contribution in [0.2, 0.25) is 5.15 Å². The number of fused-ring (bicyclic) bond motifs is 1. The predicted molar refractivity (Wildman–Crippen MR) is 82.4 cm³/mol. The summed E-state index contributed by atoms with van der Waals surface area (Å²) < 4.78 is 22.8. The van der Waals surface area contributed by atoms with E-state index in [9.17, 15) is 13.2 Å². The molecule has 0 saturated heterocycles. The first-order chi connectivity index (χ1) is 10.4. The third-order valence-corrected chi connectivity index (χ3v) is 4.58. The van der Waals surface area contributed by atoms with E-state index < -0.39 is 10.0 Å². The molecule has 1 aliphatic rings. The lowest BCUT2D eigenvalue weighted by Crippen LogP contribution is -2.29. The number of carbonyl (C=O) groups excluding carboxylic acids is 1. The summed E-state index contributed by atoms with van der Waals surface area (Å²) in [6.07, 6.45) is 0.561. The highest BCUT2D eigenvalue weighted by molar-refractivity contribution is 7.89. The monoisotopic (exact) mass is 337 g/mol. The normalized spacial score (nSPS) is 14.0. The van der Waals surface area contributed by atoms with Crippen LogP contribution in [0.3, 0.4) is 0 Å². The minimum absolute atomic E-state index is 0.0430. The summed E-state index contributed by atoms with van der Waals surface area (Å²) in [5.74, 6) is -0.274. The third kappa shape index (κ3) is 2.70. The van der Waals surface area contributed by atoms with Crippen LogP contribution in [0, 0.1) is 0 Å². The van der Waals surface area contributed by atoms with Crippen LogP contribution >= 0.6 is 11.6 Å². The minimum Gasteiger partial charge on any atom is -0.306 e. The van der Waals surface area contributed by atoms with Gasteiger partial charge in [0.15, 0.2) is 0 Å². The van der Waals surface area contributed by atoms with Crippen molar-refractivity contribution in [2.75, 3.05) is 11.4 Å². The molecule has 0 fully saturated rings. The van der Waals surface area contributed by atoms with E-state index in [0.717, 1.165) is 5.56 Å². The number of carbonyl (C=O) groups is 1. The number of pyridine rings is 1. The molecule has 2 N–H and O–H groups in total. The van der Waals surface area contributed by atoms with Crippen LogP contribution in [-0.4, -0.2) is 25.9 Å². The average Bonchev–Trinajstić information content (AvgIpc) is 2.88. The summed E-state index contributed by atoms with van der Waals surface area (Å²) in [7, 11) is -3.75. The van der Waals surface area contributed by atoms with Crippen LogP contribution in [-0.2, 0) is 16.4 Å². The first-order valence-corrected chi connectivity index (χ1v) is 8.39. The molecule has 1 aromatic heterocycles. The summed E-state index contributed by atoms with van der Waals surface area (Å²) in [6, 6.07) is 9.32. The Labute approximate surface area is 132 Å². The molecule has 3 rings (SSSR count). The summed E-state index contributed by atoms with van der Waals surface area (Å²) in [4.78, 5) is 18.1. The van der Waals surface area contributed by atoms with Gasteiger partial charge in [-0.25, -0.2) is 18.5 Å². The molecule has 8 heteroatoms. The second-order valence-corrected chi connectivity index (χ2v) is 6.84. The number of benzene rings is 1. The van der Waals surface area contributed by atoms with Crippen LogP contribution in [0.5, 0.6) is 0 Å². The number of aromatic nitrogens is 1. The van der Waals surface area contributed by atoms with E-state index in [1.807, 2.05) is 0 Å². The number of anilines is 1. The van der Waals surface area contributed by atoms with Gasteiger partial charge in [0.05, 0.1) is 4.90 Å². The van der Waals surface area contributed by atoms with E-state index in [2.05, 4.69) is 4.98 Å². The van der Waals surface area contributed by atoms with Crippen molar-refractivity contribution in [1.29, 1.82) is 0 Å². The van der Waals surface area contributed by atoms with Crippen molar-refractivity contribution in [2.45, 2.75) is 11.3 Å². The standard InChI is InChI=1S/C14H12ClN3O3S/c15-13-3-1-2-11(17-13)14(19)18-7-6-9-8-10(22(16,20)21)4-5-12(9)18/h1-5,8H,6-7H2,(H2,16,20,21). The SMILES string of the molecule is NS(=O)(=O)c1ccc2c(c1)CCN2C(=O)c1cccc(Cl)n1. The molecule has 0 aliphatic carbocycles. The highest BCUT2D eigenvalue weighted by Crippen LogP contribution is 2.31. The first kappa shape index (κ1) is 15.0. The number of hydrogen-bond acceptors (Lipinski definition) is 4. The zero-order chi connectivity index (χ0) is 15.9. The third-order valence-electron chi connectivity index (χ3n) is 3.45. The molecule has 0 atom stereocenters. The molecule has 6 nitrogen and oxygen atoms in total. The van der Waals surface area contributed by atoms with Gasteiger partial charge in [-0.15, -0.1) is 0 Å². The molecule has 22 heavy (non-hydrogen) atoms. The van der Waals surface area contributed by atoms with Crippen molar-refractivity contribution >= 4 is 33.2 Å². The number of nitrogens with zero attached hydrogens (tertiary/aromatic N) is 2. The van der Waals surface area contributed by atoms with Crippen molar-refractivity contribution in [2.24, 2.45) is 5.14 Å². The number of halogens is 1. The molecular weight excluding hydrogens is 326 g/mol. The van der Waals surface area contributed by atoms with Gasteiger partial charge < -0.3 is 4.90 Å². The lowest BCUT2D eigenvalue weighted by atomic mass is 10.2. The zero-order valence-electron chi connectivity index (χ0n) is 11.4. The average molecular weight is 338 g/mol. The van der Waals surface area contributed by atoms with Crippen LogP contribution in [0.25, 0.3) is 0 Å². The van der Waals surface area contributed by atoms with E-state index in [0.29, 0.717) is 18.7 Å². The fourth-order valence-corrected chi connectivity index (χ4v) is 3.16. The first-order valence-electron chi connectivity index (χ1n) is 6.46. The number of amides is 1. The second-order valence-electron chi connectivity index (χ2n) is 4.89. The summed E-state index contributed by atoms with van der Waals surface area (Å²) in [5.41, 5.74) is 1.68. The molecule has 0 unspecified atom stereocenters. The van der Waals surface area contributed by atoms with Crippen molar-refractivity contribution < 1.29 is 13.2 Å². The zero-order valence-corrected chi connectivity index (χ0v) is 12.9. The molecule has 0 saturated carbocycles. The Kier molecular flexibility index (Phi) is 3.64. The molecule has 0 bridgehead atoms. The topological polar surface area (TPSA) is 93.4 Å². The van der Waals surface area contributed by atoms with E-state index in [4.69, 9.17) is 16.7 Å². The van der Waals surface area contributed by atoms with Gasteiger partial charge in [-0.3, -0.25) is 4.79 Å². The van der Waals surface area contributed by atoms with Crippen molar-refractivity contribution in [1.82, 2.24) is 4.98 Å². The molecule has 2 heterocycles. The smallest absolute Gasteiger partial charge is 0.276 e. The maximum atomic E-state index is 12.5. The van der Waals surface area contributed by atoms with Gasteiger partial charge in [0.25, 0.3) is 5.91 Å². The Morgan fingerprint density at radius 1 is 1.27 bits per heavy atom. The fourth-order valence-electron chi connectivity index (χ4n) is 2.43. The number of nitrogens with two attached hydrogens (primary N) is 1. The van der Waals surface area contributed by atoms with Gasteiger partial charge in [0.2, 0.25) is 10.0 Å². The number of rotatable bonds is 2. The van der Waals surface area contributed by atoms with Crippen molar-refractivity contribution in [3.63, 3.8) is 0 Å². The minimum atomic E-state index is -3.75. The lowest BCUT2D eigenvalue weighted by molar-refractivity contribution is 0.0984. The quantitative estimate of drug-likeness (QED) is 0.842. The molecule has 1 aromatic carbocycles. The molecule has 0 radical (unpaired) electrons. The van der Waals surface area contributed by atoms with Crippen LogP contribution in [0.1, 0.15) is 16.1 Å². The van der Waals surface area contributed by atoms with Gasteiger partial charge in [0.1, 0.15) is 10.8 Å². The lowest BCUT2D eigenvalue weighted by Gasteiger charge is -2.17. The second kappa shape index (κ2) is 5.35. The van der Waals surface area contributed by atoms with Gasteiger partial charge in [0, 0.05) is 12.2 Å². The van der Waals surface area contributed by atoms with Gasteiger partial charge in [-0.2, -0.15) is 0 Å². The van der Waals surface area contributed by atoms with Gasteiger partial charge in [-0.05, 0) is 42.3 Å².